The average molecular weight is 212 g/mol. The van der Waals surface area contributed by atoms with Gasteiger partial charge >= 0.3 is 0 Å². The minimum atomic E-state index is -0.408. The van der Waals surface area contributed by atoms with Crippen LogP contribution in [0.25, 0.3) is 11.1 Å². The summed E-state index contributed by atoms with van der Waals surface area (Å²) in [6.45, 7) is 1.98. The fraction of sp³-hybridized carbons (Fsp3) is 0.0769. The van der Waals surface area contributed by atoms with Crippen LogP contribution in [0.2, 0.25) is 0 Å². The lowest BCUT2D eigenvalue weighted by molar-refractivity contribution is -0.384. The summed E-state index contributed by atoms with van der Waals surface area (Å²) >= 11 is 0. The zero-order chi connectivity index (χ0) is 11.5. The predicted octanol–water partition coefficient (Wildman–Crippen LogP) is 3.37. The van der Waals surface area contributed by atoms with E-state index in [1.165, 1.54) is 0 Å². The molecule has 0 N–H and O–H groups in total. The average Bonchev–Trinajstić information content (AvgIpc) is 2.30. The van der Waals surface area contributed by atoms with Crippen LogP contribution in [0.3, 0.4) is 0 Å². The van der Waals surface area contributed by atoms with Crippen LogP contribution >= 0.6 is 0 Å². The molecule has 2 aromatic carbocycles. The second-order valence-electron chi connectivity index (χ2n) is 3.56. The highest BCUT2D eigenvalue weighted by atomic mass is 16.6. The van der Waals surface area contributed by atoms with Gasteiger partial charge in [-0.2, -0.15) is 0 Å². The first-order valence-electron chi connectivity index (χ1n) is 4.90. The van der Waals surface area contributed by atoms with E-state index in [-0.39, 0.29) is 5.69 Å². The van der Waals surface area contributed by atoms with Crippen molar-refractivity contribution in [3.05, 3.63) is 64.2 Å². The van der Waals surface area contributed by atoms with Crippen molar-refractivity contribution in [1.29, 1.82) is 0 Å². The van der Waals surface area contributed by atoms with Gasteiger partial charge in [0.15, 0.2) is 0 Å². The Hall–Kier alpha value is -2.16. The summed E-state index contributed by atoms with van der Waals surface area (Å²) in [5, 5.41) is 10.8. The summed E-state index contributed by atoms with van der Waals surface area (Å²) < 4.78 is 0. The summed E-state index contributed by atoms with van der Waals surface area (Å²) in [4.78, 5) is 10.4. The summed E-state index contributed by atoms with van der Waals surface area (Å²) in [5.74, 6) is 0. The molecule has 3 heteroatoms. The third-order valence-electron chi connectivity index (χ3n) is 2.38. The van der Waals surface area contributed by atoms with E-state index in [4.69, 9.17) is 0 Å². The number of aryl methyl sites for hydroxylation is 1. The Kier molecular flexibility index (Phi) is 2.68. The number of nitro benzene ring substituents is 1. The second kappa shape index (κ2) is 4.14. The van der Waals surface area contributed by atoms with Crippen molar-refractivity contribution in [2.45, 2.75) is 6.92 Å². The molecule has 79 valence electrons. The Balaban J connectivity index is 2.55. The van der Waals surface area contributed by atoms with E-state index < -0.39 is 4.92 Å². The first-order valence-corrected chi connectivity index (χ1v) is 4.90. The number of nitrogens with zero attached hydrogens (tertiary/aromatic N) is 1. The van der Waals surface area contributed by atoms with Gasteiger partial charge in [0.1, 0.15) is 0 Å². The van der Waals surface area contributed by atoms with Crippen LogP contribution in [-0.2, 0) is 0 Å². The lowest BCUT2D eigenvalue weighted by Crippen LogP contribution is -1.91. The molecule has 0 heterocycles. The molecule has 3 nitrogen and oxygen atoms in total. The van der Waals surface area contributed by atoms with Gasteiger partial charge in [-0.25, -0.2) is 0 Å². The van der Waals surface area contributed by atoms with Crippen LogP contribution < -0.4 is 0 Å². The van der Waals surface area contributed by atoms with Crippen molar-refractivity contribution in [3.63, 3.8) is 0 Å². The summed E-state index contributed by atoms with van der Waals surface area (Å²) in [6.07, 6.45) is 0. The molecule has 2 aromatic rings. The first-order chi connectivity index (χ1) is 7.68. The molecule has 0 spiro atoms. The standard InChI is InChI=1S/C13H10NO2/c1-10-6-8-11(9-7-10)12-4-2-3-5-13(12)14(15)16/h2-4,6-9H,1H3. The first kappa shape index (κ1) is 10.4. The Labute approximate surface area is 93.5 Å². The molecule has 0 atom stereocenters. The molecule has 1 radical (unpaired) electrons. The molecule has 0 aliphatic carbocycles. The van der Waals surface area contributed by atoms with Crippen LogP contribution in [0.1, 0.15) is 5.56 Å². The van der Waals surface area contributed by atoms with E-state index in [2.05, 4.69) is 6.07 Å². The van der Waals surface area contributed by atoms with Gasteiger partial charge in [-0.15, -0.1) is 0 Å². The van der Waals surface area contributed by atoms with Gasteiger partial charge in [-0.05, 0) is 24.6 Å². The number of benzene rings is 2. The van der Waals surface area contributed by atoms with Crippen LogP contribution in [0, 0.1) is 23.1 Å². The molecule has 0 amide bonds. The van der Waals surface area contributed by atoms with E-state index in [1.54, 1.807) is 18.2 Å². The van der Waals surface area contributed by atoms with Crippen LogP contribution in [0.5, 0.6) is 0 Å². The minimum absolute atomic E-state index is 0.0198. The number of para-hydroxylation sites is 1. The van der Waals surface area contributed by atoms with Gasteiger partial charge in [0, 0.05) is 0 Å². The van der Waals surface area contributed by atoms with Crippen molar-refractivity contribution in [1.82, 2.24) is 0 Å². The number of hydrogen-bond acceptors (Lipinski definition) is 2. The zero-order valence-electron chi connectivity index (χ0n) is 8.81. The maximum atomic E-state index is 10.8. The largest absolute Gasteiger partial charge is 0.285 e. The quantitative estimate of drug-likeness (QED) is 0.565. The smallest absolute Gasteiger partial charge is 0.258 e. The molecule has 0 bridgehead atoms. The van der Waals surface area contributed by atoms with Crippen molar-refractivity contribution in [3.8, 4) is 11.1 Å². The van der Waals surface area contributed by atoms with Crippen molar-refractivity contribution >= 4 is 5.69 Å². The van der Waals surface area contributed by atoms with Crippen molar-refractivity contribution in [2.75, 3.05) is 0 Å². The molecular weight excluding hydrogens is 202 g/mol. The topological polar surface area (TPSA) is 43.1 Å². The molecule has 0 fully saturated rings. The van der Waals surface area contributed by atoms with Crippen LogP contribution in [-0.4, -0.2) is 4.92 Å². The maximum absolute atomic E-state index is 10.8. The Bertz CT molecular complexity index is 518. The van der Waals surface area contributed by atoms with E-state index >= 15 is 0 Å². The summed E-state index contributed by atoms with van der Waals surface area (Å²) in [7, 11) is 0. The fourth-order valence-corrected chi connectivity index (χ4v) is 1.55. The monoisotopic (exact) mass is 212 g/mol. The van der Waals surface area contributed by atoms with Crippen molar-refractivity contribution < 1.29 is 4.92 Å². The van der Waals surface area contributed by atoms with E-state index in [0.29, 0.717) is 5.56 Å². The molecule has 2 rings (SSSR count). The maximum Gasteiger partial charge on any atom is 0.285 e. The third kappa shape index (κ3) is 1.93. The highest BCUT2D eigenvalue weighted by Crippen LogP contribution is 2.28. The highest BCUT2D eigenvalue weighted by molar-refractivity contribution is 5.73. The Morgan fingerprint density at radius 2 is 1.88 bits per heavy atom. The molecular formula is C13H10NO2. The van der Waals surface area contributed by atoms with Gasteiger partial charge in [0.2, 0.25) is 0 Å². The predicted molar refractivity (Wildman–Crippen MR) is 62.1 cm³/mol. The Morgan fingerprint density at radius 3 is 2.50 bits per heavy atom. The molecule has 0 saturated carbocycles. The number of nitro groups is 1. The van der Waals surface area contributed by atoms with Gasteiger partial charge in [0.05, 0.1) is 16.6 Å². The Morgan fingerprint density at radius 1 is 1.19 bits per heavy atom. The molecule has 0 aromatic heterocycles. The zero-order valence-corrected chi connectivity index (χ0v) is 8.81. The number of hydrogen-bond donors (Lipinski definition) is 0. The van der Waals surface area contributed by atoms with Crippen molar-refractivity contribution in [2.24, 2.45) is 0 Å². The minimum Gasteiger partial charge on any atom is -0.258 e. The fourth-order valence-electron chi connectivity index (χ4n) is 1.55. The lowest BCUT2D eigenvalue weighted by atomic mass is 10.0. The summed E-state index contributed by atoms with van der Waals surface area (Å²) in [6, 6.07) is 15.3. The third-order valence-corrected chi connectivity index (χ3v) is 2.38. The van der Waals surface area contributed by atoms with Crippen LogP contribution in [0.4, 0.5) is 5.69 Å². The lowest BCUT2D eigenvalue weighted by Gasteiger charge is -2.02. The summed E-state index contributed by atoms with van der Waals surface area (Å²) in [5.41, 5.74) is 2.60. The van der Waals surface area contributed by atoms with E-state index in [1.807, 2.05) is 31.2 Å². The van der Waals surface area contributed by atoms with Gasteiger partial charge < -0.3 is 0 Å². The molecule has 0 saturated heterocycles. The number of rotatable bonds is 2. The SMILES string of the molecule is Cc1ccc(-c2ccc[c]c2[N+](=O)[O-])cc1. The van der Waals surface area contributed by atoms with Crippen LogP contribution in [0.15, 0.2) is 42.5 Å². The van der Waals surface area contributed by atoms with Gasteiger partial charge in [-0.1, -0.05) is 35.9 Å². The molecule has 16 heavy (non-hydrogen) atoms. The normalized spacial score (nSPS) is 10.1. The van der Waals surface area contributed by atoms with E-state index in [0.717, 1.165) is 11.1 Å². The van der Waals surface area contributed by atoms with E-state index in [9.17, 15) is 10.1 Å². The second-order valence-corrected chi connectivity index (χ2v) is 3.56. The molecule has 0 unspecified atom stereocenters. The highest BCUT2D eigenvalue weighted by Gasteiger charge is 2.13. The molecule has 0 aliphatic rings. The van der Waals surface area contributed by atoms with Gasteiger partial charge in [0.25, 0.3) is 5.69 Å². The molecule has 0 aliphatic heterocycles. The van der Waals surface area contributed by atoms with Gasteiger partial charge in [-0.3, -0.25) is 10.1 Å².